The van der Waals surface area contributed by atoms with E-state index in [0.29, 0.717) is 6.42 Å². The quantitative estimate of drug-likeness (QED) is 0.453. The average Bonchev–Trinajstić information content (AvgIpc) is 2.85. The Labute approximate surface area is 189 Å². The van der Waals surface area contributed by atoms with Crippen LogP contribution >= 0.6 is 7.92 Å². The van der Waals surface area contributed by atoms with E-state index in [0.717, 1.165) is 0 Å². The zero-order valence-electron chi connectivity index (χ0n) is 17.6. The van der Waals surface area contributed by atoms with Crippen molar-refractivity contribution in [3.05, 3.63) is 125 Å². The molecule has 4 aromatic carbocycles. The summed E-state index contributed by atoms with van der Waals surface area (Å²) in [5.41, 5.74) is 5.03. The molecule has 1 N–H and O–H groups in total. The first kappa shape index (κ1) is 19.5. The van der Waals surface area contributed by atoms with Gasteiger partial charge in [-0.15, -0.1) is 0 Å². The van der Waals surface area contributed by atoms with Crippen LogP contribution in [0.3, 0.4) is 0 Å². The Morgan fingerprint density at radius 2 is 1.22 bits per heavy atom. The van der Waals surface area contributed by atoms with Gasteiger partial charge in [0.15, 0.2) is 0 Å². The van der Waals surface area contributed by atoms with Gasteiger partial charge in [0.2, 0.25) is 0 Å². The van der Waals surface area contributed by atoms with Crippen molar-refractivity contribution in [2.45, 2.75) is 18.3 Å². The molecule has 0 saturated heterocycles. The fourth-order valence-electron chi connectivity index (χ4n) is 5.66. The number of hydrogen-bond acceptors (Lipinski definition) is 1. The highest BCUT2D eigenvalue weighted by molar-refractivity contribution is 7.79. The van der Waals surface area contributed by atoms with E-state index in [4.69, 9.17) is 0 Å². The molecule has 3 aliphatic carbocycles. The molecule has 0 spiro atoms. The Morgan fingerprint density at radius 1 is 0.656 bits per heavy atom. The van der Waals surface area contributed by atoms with E-state index in [9.17, 15) is 9.90 Å². The minimum absolute atomic E-state index is 0.0768. The molecule has 1 unspecified atom stereocenters. The Morgan fingerprint density at radius 3 is 1.84 bits per heavy atom. The smallest absolute Gasteiger partial charge is 0.307 e. The van der Waals surface area contributed by atoms with Crippen LogP contribution < -0.4 is 15.9 Å². The highest BCUT2D eigenvalue weighted by atomic mass is 31.1. The molecule has 0 aliphatic heterocycles. The number of carboxylic acids is 1. The molecule has 2 bridgehead atoms. The number of aliphatic carboxylic acids is 1. The third-order valence-corrected chi connectivity index (χ3v) is 9.41. The van der Waals surface area contributed by atoms with Crippen LogP contribution in [0.25, 0.3) is 0 Å². The molecular formula is C29H23O2P. The van der Waals surface area contributed by atoms with Crippen molar-refractivity contribution in [3.8, 4) is 0 Å². The summed E-state index contributed by atoms with van der Waals surface area (Å²) in [6.07, 6.45) is 0.690. The highest BCUT2D eigenvalue weighted by Gasteiger charge is 2.46. The van der Waals surface area contributed by atoms with E-state index in [2.05, 4.69) is 97.1 Å². The van der Waals surface area contributed by atoms with Crippen LogP contribution in [0, 0.1) is 5.92 Å². The molecule has 4 aromatic rings. The summed E-state index contributed by atoms with van der Waals surface area (Å²) in [6.45, 7) is 0. The normalized spacial score (nSPS) is 20.6. The van der Waals surface area contributed by atoms with Crippen LogP contribution in [0.4, 0.5) is 0 Å². The van der Waals surface area contributed by atoms with E-state index in [1.807, 2.05) is 6.07 Å². The van der Waals surface area contributed by atoms with Gasteiger partial charge in [0.25, 0.3) is 0 Å². The lowest BCUT2D eigenvalue weighted by Gasteiger charge is -2.44. The van der Waals surface area contributed by atoms with Crippen molar-refractivity contribution >= 4 is 29.8 Å². The van der Waals surface area contributed by atoms with Gasteiger partial charge >= 0.3 is 5.97 Å². The lowest BCUT2D eigenvalue weighted by atomic mass is 9.59. The van der Waals surface area contributed by atoms with Crippen LogP contribution in [-0.2, 0) is 4.79 Å². The molecule has 156 valence electrons. The van der Waals surface area contributed by atoms with Gasteiger partial charge in [-0.2, -0.15) is 0 Å². The summed E-state index contributed by atoms with van der Waals surface area (Å²) in [4.78, 5) is 12.2. The van der Waals surface area contributed by atoms with Crippen molar-refractivity contribution in [2.24, 2.45) is 5.92 Å². The van der Waals surface area contributed by atoms with Crippen molar-refractivity contribution in [1.82, 2.24) is 0 Å². The lowest BCUT2D eigenvalue weighted by molar-refractivity contribution is -0.143. The van der Waals surface area contributed by atoms with E-state index < -0.39 is 13.9 Å². The first-order valence-corrected chi connectivity index (χ1v) is 12.4. The van der Waals surface area contributed by atoms with E-state index in [1.54, 1.807) is 0 Å². The fraction of sp³-hybridized carbons (Fsp3) is 0.138. The molecule has 3 heteroatoms. The Hall–Kier alpha value is -3.22. The van der Waals surface area contributed by atoms with E-state index in [1.165, 1.54) is 38.2 Å². The zero-order chi connectivity index (χ0) is 21.7. The number of carboxylic acid groups (broad SMARTS) is 1. The second-order valence-corrected chi connectivity index (χ2v) is 10.9. The number of hydrogen-bond donors (Lipinski definition) is 1. The Balaban J connectivity index is 1.54. The van der Waals surface area contributed by atoms with Crippen LogP contribution in [0.5, 0.6) is 0 Å². The van der Waals surface area contributed by atoms with Crippen LogP contribution in [-0.4, -0.2) is 11.1 Å². The molecule has 0 amide bonds. The van der Waals surface area contributed by atoms with Gasteiger partial charge < -0.3 is 5.11 Å². The predicted molar refractivity (Wildman–Crippen MR) is 131 cm³/mol. The molecule has 2 nitrogen and oxygen atoms in total. The highest BCUT2D eigenvalue weighted by Crippen LogP contribution is 2.55. The van der Waals surface area contributed by atoms with Crippen LogP contribution in [0.15, 0.2) is 103 Å². The molecule has 3 atom stereocenters. The van der Waals surface area contributed by atoms with Gasteiger partial charge in [-0.1, -0.05) is 97.1 Å². The number of fused-ring (bicyclic) bond motifs is 1. The first-order valence-electron chi connectivity index (χ1n) is 11.1. The Kier molecular flexibility index (Phi) is 4.70. The molecule has 3 aliphatic rings. The summed E-state index contributed by atoms with van der Waals surface area (Å²) in [6, 6.07) is 36.7. The maximum Gasteiger partial charge on any atom is 0.307 e. The van der Waals surface area contributed by atoms with E-state index >= 15 is 0 Å². The summed E-state index contributed by atoms with van der Waals surface area (Å²) in [5.74, 6) is -0.954. The molecule has 0 aromatic heterocycles. The van der Waals surface area contributed by atoms with Gasteiger partial charge in [-0.3, -0.25) is 4.79 Å². The lowest BCUT2D eigenvalue weighted by Crippen LogP contribution is -2.37. The van der Waals surface area contributed by atoms with Crippen molar-refractivity contribution in [3.63, 3.8) is 0 Å². The second-order valence-electron chi connectivity index (χ2n) is 8.66. The largest absolute Gasteiger partial charge is 0.481 e. The Bertz CT molecular complexity index is 1260. The van der Waals surface area contributed by atoms with Gasteiger partial charge in [-0.25, -0.2) is 0 Å². The third-order valence-electron chi connectivity index (χ3n) is 6.98. The van der Waals surface area contributed by atoms with Gasteiger partial charge in [0.1, 0.15) is 0 Å². The van der Waals surface area contributed by atoms with Crippen molar-refractivity contribution in [2.75, 3.05) is 0 Å². The summed E-state index contributed by atoms with van der Waals surface area (Å²) >= 11 is 0. The minimum atomic E-state index is -0.715. The third kappa shape index (κ3) is 3.02. The first-order chi connectivity index (χ1) is 15.7. The average molecular weight is 434 g/mol. The SMILES string of the molecule is O=C(O)C1C[C@H]2c3ccccc3[C@@H]1c1cc(P(c3ccccc3)c3ccccc3)ccc12. The summed E-state index contributed by atoms with van der Waals surface area (Å²) in [5, 5.41) is 14.0. The molecule has 0 radical (unpaired) electrons. The topological polar surface area (TPSA) is 37.3 Å². The van der Waals surface area contributed by atoms with Crippen molar-refractivity contribution < 1.29 is 9.90 Å². The summed E-state index contributed by atoms with van der Waals surface area (Å²) in [7, 11) is -0.715. The number of rotatable bonds is 4. The van der Waals surface area contributed by atoms with Crippen LogP contribution in [0.2, 0.25) is 0 Å². The molecular weight excluding hydrogens is 411 g/mol. The minimum Gasteiger partial charge on any atom is -0.481 e. The monoisotopic (exact) mass is 434 g/mol. The molecule has 0 fully saturated rings. The molecule has 0 saturated carbocycles. The maximum atomic E-state index is 12.2. The van der Waals surface area contributed by atoms with Gasteiger partial charge in [-0.05, 0) is 58.6 Å². The number of benzene rings is 4. The molecule has 7 rings (SSSR count). The van der Waals surface area contributed by atoms with Crippen LogP contribution in [0.1, 0.15) is 40.5 Å². The number of carbonyl (C=O) groups is 1. The predicted octanol–water partition coefficient (Wildman–Crippen LogP) is 5.13. The second kappa shape index (κ2) is 7.73. The molecule has 0 heterocycles. The fourth-order valence-corrected chi connectivity index (χ4v) is 7.98. The van der Waals surface area contributed by atoms with Gasteiger partial charge in [0, 0.05) is 11.8 Å². The van der Waals surface area contributed by atoms with E-state index in [-0.39, 0.29) is 17.8 Å². The van der Waals surface area contributed by atoms with Crippen molar-refractivity contribution in [1.29, 1.82) is 0 Å². The van der Waals surface area contributed by atoms with Gasteiger partial charge in [0.05, 0.1) is 5.92 Å². The maximum absolute atomic E-state index is 12.2. The molecule has 32 heavy (non-hydrogen) atoms. The zero-order valence-corrected chi connectivity index (χ0v) is 18.5. The summed E-state index contributed by atoms with van der Waals surface area (Å²) < 4.78 is 0. The standard InChI is InChI=1S/C29H23O2P/c30-29(31)27-18-25-22-13-7-8-14-24(22)28(27)26-17-21(15-16-23(25)26)32(19-9-3-1-4-10-19)20-11-5-2-6-12-20/h1-17,25,27-28H,18H2,(H,30,31)/t25-,27?,28+/m0/s1.